The Morgan fingerprint density at radius 2 is 1.90 bits per heavy atom. The van der Waals surface area contributed by atoms with Gasteiger partial charge in [-0.1, -0.05) is 6.07 Å². The van der Waals surface area contributed by atoms with Gasteiger partial charge in [-0.2, -0.15) is 0 Å². The van der Waals surface area contributed by atoms with Crippen LogP contribution in [0.25, 0.3) is 0 Å². The van der Waals surface area contributed by atoms with Crippen molar-refractivity contribution in [3.8, 4) is 0 Å². The molecular formula is C15H23ClFN3. The number of piperazine rings is 1. The number of alkyl halides is 1. The fraction of sp³-hybridized carbons (Fsp3) is 0.600. The molecule has 0 aromatic heterocycles. The molecule has 0 saturated carbocycles. The molecule has 5 heteroatoms. The van der Waals surface area contributed by atoms with Crippen LogP contribution in [0.1, 0.15) is 5.56 Å². The SMILES string of the molecule is CN(C)CCN1CCN(c2cccc(F)c2CCl)CC1. The largest absolute Gasteiger partial charge is 0.369 e. The van der Waals surface area contributed by atoms with E-state index >= 15 is 0 Å². The van der Waals surface area contributed by atoms with E-state index in [-0.39, 0.29) is 11.7 Å². The van der Waals surface area contributed by atoms with Crippen molar-refractivity contribution in [2.24, 2.45) is 0 Å². The van der Waals surface area contributed by atoms with Crippen molar-refractivity contribution in [1.82, 2.24) is 9.80 Å². The number of hydrogen-bond acceptors (Lipinski definition) is 3. The van der Waals surface area contributed by atoms with Gasteiger partial charge in [0.2, 0.25) is 0 Å². The third-order valence-corrected chi connectivity index (χ3v) is 4.07. The van der Waals surface area contributed by atoms with Crippen LogP contribution in [0.5, 0.6) is 0 Å². The van der Waals surface area contributed by atoms with Crippen molar-refractivity contribution < 1.29 is 4.39 Å². The van der Waals surface area contributed by atoms with Gasteiger partial charge in [0.25, 0.3) is 0 Å². The van der Waals surface area contributed by atoms with Crippen LogP contribution in [0.2, 0.25) is 0 Å². The monoisotopic (exact) mass is 299 g/mol. The molecule has 20 heavy (non-hydrogen) atoms. The number of likely N-dealkylation sites (N-methyl/N-ethyl adjacent to an activating group) is 1. The van der Waals surface area contributed by atoms with E-state index in [1.807, 2.05) is 6.07 Å². The Labute approximate surface area is 125 Å². The molecule has 0 bridgehead atoms. The van der Waals surface area contributed by atoms with Crippen LogP contribution in [0.3, 0.4) is 0 Å². The normalized spacial score (nSPS) is 16.9. The van der Waals surface area contributed by atoms with Crippen LogP contribution in [0.15, 0.2) is 18.2 Å². The lowest BCUT2D eigenvalue weighted by molar-refractivity contribution is 0.229. The first-order chi connectivity index (χ1) is 9.61. The predicted octanol–water partition coefficient (Wildman–Crippen LogP) is 2.25. The van der Waals surface area contributed by atoms with Crippen LogP contribution >= 0.6 is 11.6 Å². The van der Waals surface area contributed by atoms with Crippen molar-refractivity contribution in [3.63, 3.8) is 0 Å². The summed E-state index contributed by atoms with van der Waals surface area (Å²) in [7, 11) is 4.19. The van der Waals surface area contributed by atoms with Gasteiger partial charge < -0.3 is 9.80 Å². The molecule has 0 radical (unpaired) electrons. The van der Waals surface area contributed by atoms with Crippen molar-refractivity contribution in [1.29, 1.82) is 0 Å². The summed E-state index contributed by atoms with van der Waals surface area (Å²) in [6.07, 6.45) is 0. The molecule has 1 aliphatic rings. The van der Waals surface area contributed by atoms with E-state index in [2.05, 4.69) is 28.8 Å². The minimum absolute atomic E-state index is 0.201. The summed E-state index contributed by atoms with van der Waals surface area (Å²) in [5.74, 6) is 0.0237. The van der Waals surface area contributed by atoms with Crippen molar-refractivity contribution >= 4 is 17.3 Å². The fourth-order valence-corrected chi connectivity index (χ4v) is 2.79. The fourth-order valence-electron chi connectivity index (χ4n) is 2.53. The zero-order valence-electron chi connectivity index (χ0n) is 12.3. The lowest BCUT2D eigenvalue weighted by Gasteiger charge is -2.37. The van der Waals surface area contributed by atoms with Gasteiger partial charge >= 0.3 is 0 Å². The summed E-state index contributed by atoms with van der Waals surface area (Å²) in [6, 6.07) is 5.21. The molecule has 2 rings (SSSR count). The average Bonchev–Trinajstić information content (AvgIpc) is 2.45. The van der Waals surface area contributed by atoms with Crippen LogP contribution < -0.4 is 4.90 Å². The lowest BCUT2D eigenvalue weighted by Crippen LogP contribution is -2.48. The maximum atomic E-state index is 13.8. The van der Waals surface area contributed by atoms with E-state index in [4.69, 9.17) is 11.6 Å². The van der Waals surface area contributed by atoms with Gasteiger partial charge in [0.15, 0.2) is 0 Å². The molecule has 0 N–H and O–H groups in total. The number of rotatable bonds is 5. The smallest absolute Gasteiger partial charge is 0.129 e. The summed E-state index contributed by atoms with van der Waals surface area (Å²) in [5.41, 5.74) is 1.57. The van der Waals surface area contributed by atoms with E-state index in [0.717, 1.165) is 45.0 Å². The van der Waals surface area contributed by atoms with Crippen molar-refractivity contribution in [2.75, 3.05) is 58.3 Å². The zero-order chi connectivity index (χ0) is 14.5. The Balaban J connectivity index is 1.95. The summed E-state index contributed by atoms with van der Waals surface area (Å²) in [5, 5.41) is 0. The van der Waals surface area contributed by atoms with Crippen LogP contribution in [0, 0.1) is 5.82 Å². The quantitative estimate of drug-likeness (QED) is 0.772. The van der Waals surface area contributed by atoms with Gasteiger partial charge in [-0.25, -0.2) is 4.39 Å². The third kappa shape index (κ3) is 3.84. The van der Waals surface area contributed by atoms with E-state index < -0.39 is 0 Å². The van der Waals surface area contributed by atoms with Crippen molar-refractivity contribution in [3.05, 3.63) is 29.6 Å². The number of hydrogen-bond donors (Lipinski definition) is 0. The average molecular weight is 300 g/mol. The first-order valence-electron chi connectivity index (χ1n) is 7.07. The van der Waals surface area contributed by atoms with Crippen molar-refractivity contribution in [2.45, 2.75) is 5.88 Å². The van der Waals surface area contributed by atoms with Crippen LogP contribution in [-0.2, 0) is 5.88 Å². The Morgan fingerprint density at radius 3 is 2.50 bits per heavy atom. The van der Waals surface area contributed by atoms with Crippen LogP contribution in [0.4, 0.5) is 10.1 Å². The van der Waals surface area contributed by atoms with Gasteiger partial charge in [0.05, 0.1) is 5.88 Å². The van der Waals surface area contributed by atoms with E-state index in [1.54, 1.807) is 6.07 Å². The second-order valence-corrected chi connectivity index (χ2v) is 5.77. The molecule has 0 spiro atoms. The molecule has 0 amide bonds. The minimum Gasteiger partial charge on any atom is -0.369 e. The Kier molecular flexibility index (Phi) is 5.64. The summed E-state index contributed by atoms with van der Waals surface area (Å²) < 4.78 is 13.8. The number of nitrogens with zero attached hydrogens (tertiary/aromatic N) is 3. The highest BCUT2D eigenvalue weighted by Gasteiger charge is 2.20. The molecule has 1 aliphatic heterocycles. The molecule has 1 aromatic carbocycles. The highest BCUT2D eigenvalue weighted by molar-refractivity contribution is 6.17. The van der Waals surface area contributed by atoms with E-state index in [1.165, 1.54) is 6.07 Å². The molecule has 3 nitrogen and oxygen atoms in total. The van der Waals surface area contributed by atoms with Crippen LogP contribution in [-0.4, -0.2) is 63.2 Å². The number of anilines is 1. The summed E-state index contributed by atoms with van der Waals surface area (Å²) >= 11 is 5.89. The molecule has 1 heterocycles. The second-order valence-electron chi connectivity index (χ2n) is 5.50. The van der Waals surface area contributed by atoms with Gasteiger partial charge in [0.1, 0.15) is 5.82 Å². The molecular weight excluding hydrogens is 277 g/mol. The molecule has 1 saturated heterocycles. The van der Waals surface area contributed by atoms with Gasteiger partial charge in [-0.05, 0) is 26.2 Å². The number of halogens is 2. The van der Waals surface area contributed by atoms with Gasteiger partial charge in [-0.15, -0.1) is 11.6 Å². The van der Waals surface area contributed by atoms with E-state index in [0.29, 0.717) is 5.56 Å². The Hall–Kier alpha value is -0.840. The van der Waals surface area contributed by atoms with E-state index in [9.17, 15) is 4.39 Å². The Bertz CT molecular complexity index is 431. The first kappa shape index (κ1) is 15.5. The van der Waals surface area contributed by atoms with Gasteiger partial charge in [-0.3, -0.25) is 4.90 Å². The maximum absolute atomic E-state index is 13.8. The maximum Gasteiger partial charge on any atom is 0.129 e. The number of benzene rings is 1. The van der Waals surface area contributed by atoms with Gasteiger partial charge in [0, 0.05) is 50.5 Å². The molecule has 112 valence electrons. The second kappa shape index (κ2) is 7.25. The highest BCUT2D eigenvalue weighted by Crippen LogP contribution is 2.25. The topological polar surface area (TPSA) is 9.72 Å². The summed E-state index contributed by atoms with van der Waals surface area (Å²) in [6.45, 7) is 6.07. The minimum atomic E-state index is -0.201. The zero-order valence-corrected chi connectivity index (χ0v) is 13.0. The molecule has 1 fully saturated rings. The molecule has 0 atom stereocenters. The molecule has 0 unspecified atom stereocenters. The molecule has 0 aliphatic carbocycles. The lowest BCUT2D eigenvalue weighted by atomic mass is 10.1. The molecule has 1 aromatic rings. The summed E-state index contributed by atoms with van der Waals surface area (Å²) in [4.78, 5) is 6.90. The highest BCUT2D eigenvalue weighted by atomic mass is 35.5. The standard InChI is InChI=1S/C15H23ClFN3/c1-18(2)6-7-19-8-10-20(11-9-19)15-5-3-4-14(17)13(15)12-16/h3-5H,6-12H2,1-2H3. The third-order valence-electron chi connectivity index (χ3n) is 3.80. The Morgan fingerprint density at radius 1 is 1.20 bits per heavy atom. The predicted molar refractivity (Wildman–Crippen MR) is 83.2 cm³/mol. The first-order valence-corrected chi connectivity index (χ1v) is 7.60.